The number of halogens is 1. The quantitative estimate of drug-likeness (QED) is 0.210. The molecule has 2 rings (SSSR count). The third-order valence-electron chi connectivity index (χ3n) is 4.65. The zero-order valence-corrected chi connectivity index (χ0v) is 19.7. The van der Waals surface area contributed by atoms with Crippen molar-refractivity contribution in [1.29, 1.82) is 0 Å². The van der Waals surface area contributed by atoms with Crippen molar-refractivity contribution < 1.29 is 9.47 Å². The lowest BCUT2D eigenvalue weighted by Crippen LogP contribution is -2.41. The molecule has 2 N–H and O–H groups in total. The van der Waals surface area contributed by atoms with Gasteiger partial charge in [0.05, 0.1) is 26.4 Å². The molecule has 6 nitrogen and oxygen atoms in total. The van der Waals surface area contributed by atoms with Crippen LogP contribution in [-0.2, 0) is 16.1 Å². The molecule has 7 heteroatoms. The minimum Gasteiger partial charge on any atom is -0.379 e. The largest absolute Gasteiger partial charge is 0.379 e. The minimum atomic E-state index is 0. The maximum atomic E-state index is 5.80. The molecule has 0 aromatic heterocycles. The van der Waals surface area contributed by atoms with Gasteiger partial charge in [0.15, 0.2) is 5.96 Å². The van der Waals surface area contributed by atoms with Gasteiger partial charge in [-0.2, -0.15) is 0 Å². The van der Waals surface area contributed by atoms with E-state index < -0.39 is 0 Å². The van der Waals surface area contributed by atoms with Gasteiger partial charge in [-0.25, -0.2) is 0 Å². The average Bonchev–Trinajstić information content (AvgIpc) is 2.71. The molecule has 1 atom stereocenters. The smallest absolute Gasteiger partial charge is 0.190 e. The molecule has 1 aromatic rings. The number of benzene rings is 1. The maximum Gasteiger partial charge on any atom is 0.190 e. The Bertz CT molecular complexity index is 524. The molecule has 1 aliphatic heterocycles. The lowest BCUT2D eigenvalue weighted by molar-refractivity contribution is 0.0372. The summed E-state index contributed by atoms with van der Waals surface area (Å²) in [5.41, 5.74) is 1.22. The Hall–Kier alpha value is -0.900. The number of hydrogen-bond donors (Lipinski definition) is 2. The highest BCUT2D eigenvalue weighted by molar-refractivity contribution is 14.0. The summed E-state index contributed by atoms with van der Waals surface area (Å²) in [6.45, 7) is 10.4. The molecule has 0 spiro atoms. The van der Waals surface area contributed by atoms with E-state index in [1.807, 2.05) is 25.2 Å². The van der Waals surface area contributed by atoms with Crippen LogP contribution in [0.2, 0.25) is 0 Å². The molecular formula is C21H37IN4O2. The van der Waals surface area contributed by atoms with Crippen LogP contribution in [0.4, 0.5) is 0 Å². The second-order valence-corrected chi connectivity index (χ2v) is 7.15. The molecule has 1 aliphatic rings. The number of unbranched alkanes of at least 4 members (excludes halogenated alkanes) is 1. The van der Waals surface area contributed by atoms with Crippen LogP contribution in [-0.4, -0.2) is 70.5 Å². The number of rotatable bonds is 11. The molecule has 0 amide bonds. The maximum absolute atomic E-state index is 5.80. The number of morpholine rings is 1. The molecular weight excluding hydrogens is 467 g/mol. The summed E-state index contributed by atoms with van der Waals surface area (Å²) in [6, 6.07) is 10.3. The van der Waals surface area contributed by atoms with Crippen molar-refractivity contribution in [2.75, 3.05) is 59.6 Å². The zero-order valence-electron chi connectivity index (χ0n) is 17.4. The first-order chi connectivity index (χ1) is 13.3. The normalized spacial score (nSPS) is 16.3. The van der Waals surface area contributed by atoms with Gasteiger partial charge in [-0.15, -0.1) is 24.0 Å². The first kappa shape index (κ1) is 25.1. The SMILES string of the molecule is CN=C(NCCCCN1CCOCC1)NCC(C)COCc1ccccc1.I. The highest BCUT2D eigenvalue weighted by Gasteiger charge is 2.09. The molecule has 1 saturated heterocycles. The van der Waals surface area contributed by atoms with Crippen molar-refractivity contribution in [3.8, 4) is 0 Å². The Kier molecular flexibility index (Phi) is 14.3. The standard InChI is InChI=1S/C21H36N4O2.HI/c1-19(17-27-18-20-8-4-3-5-9-20)16-24-21(22-2)23-10-6-7-11-25-12-14-26-15-13-25;/h3-5,8-9,19H,6-7,10-18H2,1-2H3,(H2,22,23,24);1H. The Labute approximate surface area is 187 Å². The van der Waals surface area contributed by atoms with Crippen molar-refractivity contribution in [2.24, 2.45) is 10.9 Å². The predicted octanol–water partition coefficient (Wildman–Crippen LogP) is 2.73. The summed E-state index contributed by atoms with van der Waals surface area (Å²) >= 11 is 0. The van der Waals surface area contributed by atoms with E-state index in [0.29, 0.717) is 12.5 Å². The molecule has 1 fully saturated rings. The van der Waals surface area contributed by atoms with Crippen LogP contribution in [0.25, 0.3) is 0 Å². The molecule has 0 aliphatic carbocycles. The van der Waals surface area contributed by atoms with E-state index >= 15 is 0 Å². The van der Waals surface area contributed by atoms with Crippen molar-refractivity contribution >= 4 is 29.9 Å². The fraction of sp³-hybridized carbons (Fsp3) is 0.667. The Morgan fingerprint density at radius 2 is 1.93 bits per heavy atom. The van der Waals surface area contributed by atoms with E-state index in [0.717, 1.165) is 64.9 Å². The van der Waals surface area contributed by atoms with Gasteiger partial charge in [-0.05, 0) is 30.9 Å². The molecule has 1 unspecified atom stereocenters. The van der Waals surface area contributed by atoms with E-state index in [4.69, 9.17) is 9.47 Å². The third-order valence-corrected chi connectivity index (χ3v) is 4.65. The molecule has 0 radical (unpaired) electrons. The molecule has 1 heterocycles. The van der Waals surface area contributed by atoms with Crippen molar-refractivity contribution in [1.82, 2.24) is 15.5 Å². The highest BCUT2D eigenvalue weighted by atomic mass is 127. The van der Waals surface area contributed by atoms with E-state index in [2.05, 4.69) is 39.6 Å². The topological polar surface area (TPSA) is 58.1 Å². The fourth-order valence-corrected chi connectivity index (χ4v) is 2.99. The third kappa shape index (κ3) is 11.2. The van der Waals surface area contributed by atoms with Crippen LogP contribution in [0.15, 0.2) is 35.3 Å². The van der Waals surface area contributed by atoms with E-state index in [1.54, 1.807) is 0 Å². The first-order valence-corrected chi connectivity index (χ1v) is 10.1. The van der Waals surface area contributed by atoms with Crippen LogP contribution in [0.1, 0.15) is 25.3 Å². The van der Waals surface area contributed by atoms with E-state index in [1.165, 1.54) is 12.0 Å². The van der Waals surface area contributed by atoms with Crippen LogP contribution >= 0.6 is 24.0 Å². The monoisotopic (exact) mass is 504 g/mol. The summed E-state index contributed by atoms with van der Waals surface area (Å²) in [4.78, 5) is 6.78. The molecule has 28 heavy (non-hydrogen) atoms. The molecule has 0 bridgehead atoms. The summed E-state index contributed by atoms with van der Waals surface area (Å²) in [6.07, 6.45) is 2.35. The molecule has 1 aromatic carbocycles. The van der Waals surface area contributed by atoms with Crippen LogP contribution < -0.4 is 10.6 Å². The lowest BCUT2D eigenvalue weighted by Gasteiger charge is -2.26. The van der Waals surface area contributed by atoms with Crippen molar-refractivity contribution in [3.63, 3.8) is 0 Å². The zero-order chi connectivity index (χ0) is 19.2. The van der Waals surface area contributed by atoms with Gasteiger partial charge in [-0.3, -0.25) is 9.89 Å². The van der Waals surface area contributed by atoms with Crippen LogP contribution in [0.3, 0.4) is 0 Å². The van der Waals surface area contributed by atoms with E-state index in [9.17, 15) is 0 Å². The van der Waals surface area contributed by atoms with Gasteiger partial charge < -0.3 is 20.1 Å². The van der Waals surface area contributed by atoms with Crippen molar-refractivity contribution in [2.45, 2.75) is 26.4 Å². The Morgan fingerprint density at radius 3 is 2.64 bits per heavy atom. The second-order valence-electron chi connectivity index (χ2n) is 7.15. The molecule has 160 valence electrons. The molecule has 0 saturated carbocycles. The lowest BCUT2D eigenvalue weighted by atomic mass is 10.2. The minimum absolute atomic E-state index is 0. The second kappa shape index (κ2) is 16.0. The van der Waals surface area contributed by atoms with Gasteiger partial charge in [0.25, 0.3) is 0 Å². The average molecular weight is 504 g/mol. The Morgan fingerprint density at radius 1 is 1.18 bits per heavy atom. The number of guanidine groups is 1. The summed E-state index contributed by atoms with van der Waals surface area (Å²) in [7, 11) is 1.82. The number of ether oxygens (including phenoxy) is 2. The Balaban J connectivity index is 0.00000392. The number of hydrogen-bond acceptors (Lipinski definition) is 4. The number of nitrogens with one attached hydrogen (secondary N) is 2. The summed E-state index contributed by atoms with van der Waals surface area (Å²) in [5, 5.41) is 6.79. The van der Waals surface area contributed by atoms with Gasteiger partial charge in [0, 0.05) is 33.2 Å². The van der Waals surface area contributed by atoms with Gasteiger partial charge in [0.1, 0.15) is 0 Å². The summed E-state index contributed by atoms with van der Waals surface area (Å²) in [5.74, 6) is 1.30. The van der Waals surface area contributed by atoms with Gasteiger partial charge in [0.2, 0.25) is 0 Å². The number of nitrogens with zero attached hydrogens (tertiary/aromatic N) is 2. The van der Waals surface area contributed by atoms with E-state index in [-0.39, 0.29) is 24.0 Å². The van der Waals surface area contributed by atoms with Gasteiger partial charge >= 0.3 is 0 Å². The van der Waals surface area contributed by atoms with Crippen molar-refractivity contribution in [3.05, 3.63) is 35.9 Å². The van der Waals surface area contributed by atoms with Crippen LogP contribution in [0, 0.1) is 5.92 Å². The fourth-order valence-electron chi connectivity index (χ4n) is 2.99. The van der Waals surface area contributed by atoms with Gasteiger partial charge in [-0.1, -0.05) is 37.3 Å². The summed E-state index contributed by atoms with van der Waals surface area (Å²) < 4.78 is 11.2. The highest BCUT2D eigenvalue weighted by Crippen LogP contribution is 2.03. The first-order valence-electron chi connectivity index (χ1n) is 10.1. The number of aliphatic imine (C=N–C) groups is 1. The predicted molar refractivity (Wildman–Crippen MR) is 127 cm³/mol. The van der Waals surface area contributed by atoms with Crippen LogP contribution in [0.5, 0.6) is 0 Å².